The van der Waals surface area contributed by atoms with Crippen LogP contribution in [0.1, 0.15) is 303 Å². The highest BCUT2D eigenvalue weighted by Crippen LogP contribution is 2.43. The van der Waals surface area contributed by atoms with Crippen molar-refractivity contribution < 1.29 is 52.2 Å². The molecule has 0 saturated heterocycles. The summed E-state index contributed by atoms with van der Waals surface area (Å²) < 4.78 is 39.6. The molecule has 0 bridgehead atoms. The molecule has 0 heterocycles. The van der Waals surface area contributed by atoms with Gasteiger partial charge in [-0.15, -0.1) is 0 Å². The number of phosphoric acid groups is 1. The number of unbranched alkanes of at least 4 members (excludes halogenated alkanes) is 35. The third kappa shape index (κ3) is 54.5. The second kappa shape index (κ2) is 56.9. The zero-order valence-corrected chi connectivity index (χ0v) is 49.0. The number of rotatable bonds is 58. The van der Waals surface area contributed by atoms with Gasteiger partial charge in [-0.05, 0) is 77.0 Å². The first kappa shape index (κ1) is 71.7. The molecule has 0 aliphatic carbocycles. The van der Waals surface area contributed by atoms with Crippen LogP contribution in [0.5, 0.6) is 0 Å². The van der Waals surface area contributed by atoms with Crippen LogP contribution in [0.3, 0.4) is 0 Å². The third-order valence-corrected chi connectivity index (χ3v) is 14.5. The van der Waals surface area contributed by atoms with E-state index in [4.69, 9.17) is 23.3 Å². The molecule has 434 valence electrons. The zero-order valence-electron chi connectivity index (χ0n) is 48.1. The van der Waals surface area contributed by atoms with Crippen molar-refractivity contribution in [2.75, 3.05) is 26.4 Å². The molecule has 0 fully saturated rings. The summed E-state index contributed by atoms with van der Waals surface area (Å²) in [5.41, 5.74) is 0. The minimum atomic E-state index is -4.75. The standard InChI is InChI=1S/C62H115O11P/c1-4-7-10-13-16-19-22-25-27-28-29-30-32-35-38-41-44-47-50-53-62(66)73-59(55-69-60(64)51-48-45-42-39-36-34-31-26-23-20-17-14-11-8-5-2)57-71-74(67,68)70-56-58(54-63)72-61(65)52-49-46-43-40-37-33-24-21-18-15-12-9-6-3/h17,20,25-27,31,58-59,63H,4-16,18-19,21-24,28-30,32-57H2,1-3H3,(H,67,68)/b20-17-,27-25-,31-26-. The molecule has 3 atom stereocenters. The highest BCUT2D eigenvalue weighted by Gasteiger charge is 2.28. The Morgan fingerprint density at radius 1 is 0.378 bits per heavy atom. The van der Waals surface area contributed by atoms with E-state index in [2.05, 4.69) is 57.2 Å². The molecule has 0 amide bonds. The summed E-state index contributed by atoms with van der Waals surface area (Å²) in [5.74, 6) is -1.46. The number of carbonyl (C=O) groups is 3. The molecule has 74 heavy (non-hydrogen) atoms. The van der Waals surface area contributed by atoms with Crippen LogP contribution in [-0.2, 0) is 42.2 Å². The molecule has 0 aromatic heterocycles. The van der Waals surface area contributed by atoms with Crippen molar-refractivity contribution in [3.63, 3.8) is 0 Å². The maximum atomic E-state index is 12.9. The van der Waals surface area contributed by atoms with Crippen molar-refractivity contribution in [3.05, 3.63) is 36.5 Å². The Labute approximate surface area is 454 Å². The number of ether oxygens (including phenoxy) is 3. The Morgan fingerprint density at radius 2 is 0.662 bits per heavy atom. The van der Waals surface area contributed by atoms with Crippen LogP contribution in [-0.4, -0.2) is 66.5 Å². The summed E-state index contributed by atoms with van der Waals surface area (Å²) in [7, 11) is -4.75. The fourth-order valence-electron chi connectivity index (χ4n) is 8.79. The normalized spacial score (nSPS) is 13.5. The average Bonchev–Trinajstić information content (AvgIpc) is 3.39. The van der Waals surface area contributed by atoms with E-state index in [0.717, 1.165) is 83.5 Å². The van der Waals surface area contributed by atoms with Gasteiger partial charge in [-0.3, -0.25) is 23.4 Å². The van der Waals surface area contributed by atoms with Crippen LogP contribution in [0.15, 0.2) is 36.5 Å². The molecule has 12 heteroatoms. The quantitative estimate of drug-likeness (QED) is 0.0197. The topological polar surface area (TPSA) is 155 Å². The van der Waals surface area contributed by atoms with E-state index >= 15 is 0 Å². The lowest BCUT2D eigenvalue weighted by Crippen LogP contribution is -2.30. The fraction of sp³-hybridized carbons (Fsp3) is 0.855. The first-order valence-electron chi connectivity index (χ1n) is 30.9. The lowest BCUT2D eigenvalue weighted by atomic mass is 10.0. The van der Waals surface area contributed by atoms with E-state index in [9.17, 15) is 28.9 Å². The zero-order chi connectivity index (χ0) is 54.1. The summed E-state index contributed by atoms with van der Waals surface area (Å²) in [6, 6.07) is 0. The van der Waals surface area contributed by atoms with Crippen LogP contribution < -0.4 is 0 Å². The van der Waals surface area contributed by atoms with E-state index in [0.29, 0.717) is 19.3 Å². The van der Waals surface area contributed by atoms with Gasteiger partial charge in [-0.25, -0.2) is 4.57 Å². The van der Waals surface area contributed by atoms with Gasteiger partial charge in [0.25, 0.3) is 0 Å². The fourth-order valence-corrected chi connectivity index (χ4v) is 9.58. The number of hydrogen-bond acceptors (Lipinski definition) is 10. The SMILES string of the molecule is CCCCC/C=C\C/C=C\CCCCCCCC(=O)OCC(COP(=O)(O)OCC(CO)OC(=O)CCCCCCCCCCCCCCC)OC(=O)CCCCCCCCCCC/C=C\CCCCCCCC. The molecule has 0 radical (unpaired) electrons. The number of phosphoric ester groups is 1. The van der Waals surface area contributed by atoms with Crippen molar-refractivity contribution in [2.45, 2.75) is 315 Å². The van der Waals surface area contributed by atoms with Crippen molar-refractivity contribution in [1.29, 1.82) is 0 Å². The van der Waals surface area contributed by atoms with Gasteiger partial charge in [0.2, 0.25) is 0 Å². The van der Waals surface area contributed by atoms with Crippen LogP contribution >= 0.6 is 7.82 Å². The molecule has 0 aliphatic rings. The van der Waals surface area contributed by atoms with Gasteiger partial charge in [0.15, 0.2) is 6.10 Å². The number of aliphatic hydroxyl groups excluding tert-OH is 1. The Balaban J connectivity index is 4.70. The highest BCUT2D eigenvalue weighted by atomic mass is 31.2. The third-order valence-electron chi connectivity index (χ3n) is 13.5. The summed E-state index contributed by atoms with van der Waals surface area (Å²) >= 11 is 0. The van der Waals surface area contributed by atoms with Crippen molar-refractivity contribution >= 4 is 25.7 Å². The summed E-state index contributed by atoms with van der Waals surface area (Å²) in [6.45, 7) is 4.65. The molecule has 3 unspecified atom stereocenters. The number of allylic oxidation sites excluding steroid dienone is 6. The van der Waals surface area contributed by atoms with Crippen molar-refractivity contribution in [2.24, 2.45) is 0 Å². The van der Waals surface area contributed by atoms with Gasteiger partial charge in [0.05, 0.1) is 19.8 Å². The number of hydrogen-bond donors (Lipinski definition) is 2. The maximum absolute atomic E-state index is 12.9. The molecular weight excluding hydrogens is 952 g/mol. The van der Waals surface area contributed by atoms with Crippen LogP contribution in [0.2, 0.25) is 0 Å². The van der Waals surface area contributed by atoms with Gasteiger partial charge in [0.1, 0.15) is 12.7 Å². The van der Waals surface area contributed by atoms with Crippen LogP contribution in [0, 0.1) is 0 Å². The van der Waals surface area contributed by atoms with Crippen molar-refractivity contribution in [1.82, 2.24) is 0 Å². The number of aliphatic hydroxyl groups is 1. The monoisotopic (exact) mass is 1070 g/mol. The average molecular weight is 1070 g/mol. The second-order valence-electron chi connectivity index (χ2n) is 20.9. The number of esters is 3. The largest absolute Gasteiger partial charge is 0.472 e. The van der Waals surface area contributed by atoms with E-state index < -0.39 is 57.8 Å². The summed E-state index contributed by atoms with van der Waals surface area (Å²) in [5, 5.41) is 9.82. The first-order chi connectivity index (χ1) is 36.2. The maximum Gasteiger partial charge on any atom is 0.472 e. The smallest absolute Gasteiger partial charge is 0.462 e. The Hall–Kier alpha value is -2.30. The van der Waals surface area contributed by atoms with Gasteiger partial charge in [-0.1, -0.05) is 243 Å². The van der Waals surface area contributed by atoms with Gasteiger partial charge < -0.3 is 24.2 Å². The lowest BCUT2D eigenvalue weighted by molar-refractivity contribution is -0.161. The van der Waals surface area contributed by atoms with Gasteiger partial charge >= 0.3 is 25.7 Å². The Bertz CT molecular complexity index is 1380. The van der Waals surface area contributed by atoms with E-state index in [1.807, 2.05) is 0 Å². The Kier molecular flexibility index (Phi) is 55.1. The van der Waals surface area contributed by atoms with Gasteiger partial charge in [0, 0.05) is 19.3 Å². The minimum absolute atomic E-state index is 0.166. The Morgan fingerprint density at radius 3 is 1.04 bits per heavy atom. The lowest BCUT2D eigenvalue weighted by Gasteiger charge is -2.21. The molecule has 2 N–H and O–H groups in total. The first-order valence-corrected chi connectivity index (χ1v) is 32.4. The molecule has 0 rings (SSSR count). The predicted octanol–water partition coefficient (Wildman–Crippen LogP) is 18.4. The highest BCUT2D eigenvalue weighted by molar-refractivity contribution is 7.47. The predicted molar refractivity (Wildman–Crippen MR) is 307 cm³/mol. The van der Waals surface area contributed by atoms with Crippen LogP contribution in [0.4, 0.5) is 0 Å². The molecule has 0 spiro atoms. The van der Waals surface area contributed by atoms with E-state index in [-0.39, 0.29) is 25.9 Å². The molecule has 0 saturated carbocycles. The van der Waals surface area contributed by atoms with Crippen LogP contribution in [0.25, 0.3) is 0 Å². The molecule has 0 aliphatic heterocycles. The minimum Gasteiger partial charge on any atom is -0.462 e. The van der Waals surface area contributed by atoms with E-state index in [1.54, 1.807) is 0 Å². The molecule has 0 aromatic carbocycles. The summed E-state index contributed by atoms with van der Waals surface area (Å²) in [6.07, 6.45) is 59.5. The van der Waals surface area contributed by atoms with Gasteiger partial charge in [-0.2, -0.15) is 0 Å². The van der Waals surface area contributed by atoms with Crippen molar-refractivity contribution in [3.8, 4) is 0 Å². The number of carbonyl (C=O) groups excluding carboxylic acids is 3. The second-order valence-corrected chi connectivity index (χ2v) is 22.3. The molecule has 11 nitrogen and oxygen atoms in total. The van der Waals surface area contributed by atoms with E-state index in [1.165, 1.54) is 161 Å². The summed E-state index contributed by atoms with van der Waals surface area (Å²) in [4.78, 5) is 48.6. The molecule has 0 aromatic rings. The molecular formula is C62H115O11P.